The summed E-state index contributed by atoms with van der Waals surface area (Å²) in [5, 5.41) is 11.8. The summed E-state index contributed by atoms with van der Waals surface area (Å²) in [5.74, 6) is 0.454. The van der Waals surface area contributed by atoms with Crippen molar-refractivity contribution < 1.29 is 23.5 Å². The van der Waals surface area contributed by atoms with E-state index in [0.717, 1.165) is 30.0 Å². The van der Waals surface area contributed by atoms with Gasteiger partial charge < -0.3 is 24.7 Å². The van der Waals surface area contributed by atoms with Crippen molar-refractivity contribution in [1.29, 1.82) is 0 Å². The first-order valence-corrected chi connectivity index (χ1v) is 15.2. The third-order valence-electron chi connectivity index (χ3n) is 7.68. The largest absolute Gasteiger partial charge is 0.468 e. The van der Waals surface area contributed by atoms with Crippen LogP contribution in [0.15, 0.2) is 102 Å². The van der Waals surface area contributed by atoms with E-state index < -0.39 is 12.1 Å². The summed E-state index contributed by atoms with van der Waals surface area (Å²) in [4.78, 5) is 40.2. The Bertz CT molecular complexity index is 1550. The zero-order chi connectivity index (χ0) is 31.4. The van der Waals surface area contributed by atoms with Crippen molar-refractivity contribution in [2.45, 2.75) is 44.9 Å². The van der Waals surface area contributed by atoms with Crippen molar-refractivity contribution in [2.24, 2.45) is 0 Å². The van der Waals surface area contributed by atoms with Crippen LogP contribution in [0.3, 0.4) is 0 Å². The lowest BCUT2D eigenvalue weighted by molar-refractivity contribution is -0.118. The number of nitrogens with one attached hydrogen (secondary N) is 4. The topological polar surface area (TPSA) is 125 Å². The predicted molar refractivity (Wildman–Crippen MR) is 175 cm³/mol. The van der Waals surface area contributed by atoms with Crippen LogP contribution in [0.4, 0.5) is 21.9 Å². The van der Waals surface area contributed by atoms with E-state index in [1.54, 1.807) is 43.5 Å². The minimum Gasteiger partial charge on any atom is -0.468 e. The number of carbonyl (C=O) groups excluding carboxylic acids is 3. The van der Waals surface area contributed by atoms with E-state index >= 15 is 0 Å². The standard InChI is InChI=1S/C35H39N5O5/c1-25(36-24-30-13-8-22-44-30)34(42)38-28-12-7-11-27(23-28)37-33(41)18-21-40-19-16-29(17-20-40)45-35(43)39-32-15-6-5-14-31(32)26-9-3-2-4-10-26/h2-15,22-23,25,29,36H,16-21,24H2,1H3,(H,37,41)(H,38,42)(H,39,43). The van der Waals surface area contributed by atoms with Gasteiger partial charge in [-0.25, -0.2) is 4.79 Å². The van der Waals surface area contributed by atoms with E-state index in [-0.39, 0.29) is 17.9 Å². The van der Waals surface area contributed by atoms with E-state index in [9.17, 15) is 14.4 Å². The number of para-hydroxylation sites is 1. The third-order valence-corrected chi connectivity index (χ3v) is 7.68. The monoisotopic (exact) mass is 609 g/mol. The molecule has 0 aliphatic carbocycles. The molecule has 1 atom stereocenters. The Morgan fingerprint density at radius 3 is 2.36 bits per heavy atom. The van der Waals surface area contributed by atoms with Crippen LogP contribution in [0.2, 0.25) is 0 Å². The van der Waals surface area contributed by atoms with Crippen molar-refractivity contribution in [1.82, 2.24) is 10.2 Å². The molecule has 10 nitrogen and oxygen atoms in total. The number of piperidine rings is 1. The van der Waals surface area contributed by atoms with Crippen molar-refractivity contribution >= 4 is 35.0 Å². The summed E-state index contributed by atoms with van der Waals surface area (Å²) >= 11 is 0. The van der Waals surface area contributed by atoms with Crippen LogP contribution in [0.5, 0.6) is 0 Å². The normalized spacial score (nSPS) is 14.3. The lowest BCUT2D eigenvalue weighted by atomic mass is 10.0. The van der Waals surface area contributed by atoms with Crippen LogP contribution in [0, 0.1) is 0 Å². The van der Waals surface area contributed by atoms with E-state index in [1.807, 2.05) is 60.7 Å². The number of amides is 3. The second kappa shape index (κ2) is 15.7. The summed E-state index contributed by atoms with van der Waals surface area (Å²) in [7, 11) is 0. The van der Waals surface area contributed by atoms with Crippen LogP contribution in [0.25, 0.3) is 11.1 Å². The van der Waals surface area contributed by atoms with Gasteiger partial charge in [-0.05, 0) is 61.7 Å². The molecular formula is C35H39N5O5. The molecule has 0 radical (unpaired) electrons. The van der Waals surface area contributed by atoms with Gasteiger partial charge in [0.1, 0.15) is 11.9 Å². The maximum Gasteiger partial charge on any atom is 0.411 e. The molecule has 1 fully saturated rings. The lowest BCUT2D eigenvalue weighted by Gasteiger charge is -2.31. The molecule has 1 aromatic heterocycles. The van der Waals surface area contributed by atoms with Gasteiger partial charge in [0.2, 0.25) is 11.8 Å². The molecule has 5 rings (SSSR count). The number of rotatable bonds is 12. The van der Waals surface area contributed by atoms with E-state index in [4.69, 9.17) is 9.15 Å². The molecule has 2 heterocycles. The first-order chi connectivity index (χ1) is 21.9. The van der Waals surface area contributed by atoms with Gasteiger partial charge in [-0.2, -0.15) is 0 Å². The van der Waals surface area contributed by atoms with Gasteiger partial charge in [-0.3, -0.25) is 20.2 Å². The summed E-state index contributed by atoms with van der Waals surface area (Å²) in [5.41, 5.74) is 3.87. The van der Waals surface area contributed by atoms with Crippen LogP contribution < -0.4 is 21.3 Å². The van der Waals surface area contributed by atoms with Crippen molar-refractivity contribution in [2.75, 3.05) is 35.6 Å². The molecule has 3 aromatic carbocycles. The molecule has 1 unspecified atom stereocenters. The first-order valence-electron chi connectivity index (χ1n) is 15.2. The molecule has 10 heteroatoms. The molecule has 4 N–H and O–H groups in total. The molecule has 45 heavy (non-hydrogen) atoms. The van der Waals surface area contributed by atoms with Crippen molar-refractivity contribution in [3.63, 3.8) is 0 Å². The number of anilines is 3. The Morgan fingerprint density at radius 1 is 0.867 bits per heavy atom. The van der Waals surface area contributed by atoms with Gasteiger partial charge in [0.25, 0.3) is 0 Å². The second-order valence-corrected chi connectivity index (χ2v) is 11.0. The zero-order valence-corrected chi connectivity index (χ0v) is 25.3. The average molecular weight is 610 g/mol. The lowest BCUT2D eigenvalue weighted by Crippen LogP contribution is -2.39. The van der Waals surface area contributed by atoms with Crippen LogP contribution in [0.1, 0.15) is 31.9 Å². The van der Waals surface area contributed by atoms with Crippen molar-refractivity contribution in [3.8, 4) is 11.1 Å². The Labute approximate surface area is 263 Å². The number of likely N-dealkylation sites (tertiary alicyclic amines) is 1. The fourth-order valence-corrected chi connectivity index (χ4v) is 5.17. The minimum atomic E-state index is -0.464. The third kappa shape index (κ3) is 9.53. The number of furan rings is 1. The Morgan fingerprint density at radius 2 is 1.60 bits per heavy atom. The SMILES string of the molecule is CC(NCc1ccco1)C(=O)Nc1cccc(NC(=O)CCN2CCC(OC(=O)Nc3ccccc3-c3ccccc3)CC2)c1. The van der Waals surface area contributed by atoms with Crippen molar-refractivity contribution in [3.05, 3.63) is 103 Å². The van der Waals surface area contributed by atoms with Crippen LogP contribution in [-0.4, -0.2) is 54.6 Å². The minimum absolute atomic E-state index is 0.109. The maximum absolute atomic E-state index is 12.7. The zero-order valence-electron chi connectivity index (χ0n) is 25.3. The highest BCUT2D eigenvalue weighted by atomic mass is 16.6. The van der Waals surface area contributed by atoms with E-state index in [0.29, 0.717) is 49.4 Å². The molecule has 4 aromatic rings. The number of ether oxygens (including phenoxy) is 1. The number of carbonyl (C=O) groups is 3. The van der Waals surface area contributed by atoms with E-state index in [2.05, 4.69) is 26.2 Å². The van der Waals surface area contributed by atoms with Gasteiger partial charge in [0, 0.05) is 43.0 Å². The van der Waals surface area contributed by atoms with Crippen LogP contribution in [-0.2, 0) is 20.9 Å². The molecule has 0 bridgehead atoms. The molecular weight excluding hydrogens is 570 g/mol. The number of hydrogen-bond donors (Lipinski definition) is 4. The smallest absolute Gasteiger partial charge is 0.411 e. The highest BCUT2D eigenvalue weighted by molar-refractivity contribution is 5.96. The fourth-order valence-electron chi connectivity index (χ4n) is 5.17. The molecule has 0 spiro atoms. The molecule has 3 amide bonds. The number of hydrogen-bond acceptors (Lipinski definition) is 7. The predicted octanol–water partition coefficient (Wildman–Crippen LogP) is 6.11. The number of benzene rings is 3. The molecule has 1 aliphatic heterocycles. The number of nitrogens with zero attached hydrogens (tertiary/aromatic N) is 1. The highest BCUT2D eigenvalue weighted by Crippen LogP contribution is 2.28. The van der Waals surface area contributed by atoms with Gasteiger partial charge in [0.05, 0.1) is 24.5 Å². The highest BCUT2D eigenvalue weighted by Gasteiger charge is 2.23. The van der Waals surface area contributed by atoms with Crippen LogP contribution >= 0.6 is 0 Å². The quantitative estimate of drug-likeness (QED) is 0.153. The summed E-state index contributed by atoms with van der Waals surface area (Å²) in [6.45, 7) is 4.30. The summed E-state index contributed by atoms with van der Waals surface area (Å²) in [6, 6.07) is 27.9. The molecule has 234 valence electrons. The van der Waals surface area contributed by atoms with Gasteiger partial charge >= 0.3 is 6.09 Å². The first kappa shape index (κ1) is 31.5. The van der Waals surface area contributed by atoms with E-state index in [1.165, 1.54) is 0 Å². The molecule has 1 aliphatic rings. The Balaban J connectivity index is 1.01. The molecule has 0 saturated carbocycles. The average Bonchev–Trinajstić information content (AvgIpc) is 3.58. The summed E-state index contributed by atoms with van der Waals surface area (Å²) in [6.07, 6.45) is 2.68. The fraction of sp³-hybridized carbons (Fsp3) is 0.286. The van der Waals surface area contributed by atoms with Gasteiger partial charge in [0.15, 0.2) is 0 Å². The van der Waals surface area contributed by atoms with Gasteiger partial charge in [-0.15, -0.1) is 0 Å². The summed E-state index contributed by atoms with van der Waals surface area (Å²) < 4.78 is 11.0. The second-order valence-electron chi connectivity index (χ2n) is 11.0. The Hall–Kier alpha value is -4.93. The molecule has 1 saturated heterocycles. The maximum atomic E-state index is 12.7. The van der Waals surface area contributed by atoms with Gasteiger partial charge in [-0.1, -0.05) is 54.6 Å². The Kier molecular flexibility index (Phi) is 11.0.